The minimum Gasteiger partial charge on any atom is -0.249 e. The molecule has 0 bridgehead atoms. The first kappa shape index (κ1) is 7.97. The maximum atomic E-state index is 12.3. The normalized spacial score (nSPS) is 10.6. The summed E-state index contributed by atoms with van der Waals surface area (Å²) in [4.78, 5) is 2.88. The van der Waals surface area contributed by atoms with Crippen molar-refractivity contribution in [2.24, 2.45) is 0 Å². The highest BCUT2D eigenvalue weighted by Crippen LogP contribution is 2.19. The maximum Gasteiger partial charge on any atom is 0.283 e. The Bertz CT molecular complexity index is 261. The predicted octanol–water partition coefficient (Wildman–Crippen LogP) is 2.30. The summed E-state index contributed by atoms with van der Waals surface area (Å²) in [5, 5.41) is 0. The summed E-state index contributed by atoms with van der Waals surface area (Å²) in [5.41, 5.74) is -1.02. The Hall–Kier alpha value is -1.13. The third kappa shape index (κ3) is 1.66. The van der Waals surface area contributed by atoms with Gasteiger partial charge in [-0.05, 0) is 0 Å². The molecule has 5 heteroatoms. The first-order valence-electron chi connectivity index (χ1n) is 2.70. The van der Waals surface area contributed by atoms with E-state index in [1.165, 1.54) is 0 Å². The zero-order chi connectivity index (χ0) is 8.43. The lowest BCUT2D eigenvalue weighted by Gasteiger charge is -1.98. The Morgan fingerprint density at radius 1 is 1.27 bits per heavy atom. The van der Waals surface area contributed by atoms with E-state index >= 15 is 0 Å². The van der Waals surface area contributed by atoms with Crippen LogP contribution in [0.5, 0.6) is 0 Å². The third-order valence-corrected chi connectivity index (χ3v) is 1.04. The van der Waals surface area contributed by atoms with E-state index in [1.54, 1.807) is 0 Å². The van der Waals surface area contributed by atoms with Crippen molar-refractivity contribution < 1.29 is 17.6 Å². The smallest absolute Gasteiger partial charge is 0.249 e. The van der Waals surface area contributed by atoms with Gasteiger partial charge < -0.3 is 0 Å². The molecule has 0 aliphatic heterocycles. The zero-order valence-corrected chi connectivity index (χ0v) is 5.19. The van der Waals surface area contributed by atoms with Crippen molar-refractivity contribution in [3.05, 3.63) is 29.6 Å². The molecule has 1 aromatic heterocycles. The summed E-state index contributed by atoms with van der Waals surface area (Å²) in [6, 6.07) is 0.370. The van der Waals surface area contributed by atoms with Gasteiger partial charge in [0.05, 0.1) is 6.20 Å². The van der Waals surface area contributed by atoms with Crippen LogP contribution in [0.4, 0.5) is 17.6 Å². The third-order valence-electron chi connectivity index (χ3n) is 1.04. The van der Waals surface area contributed by atoms with Gasteiger partial charge in [0.2, 0.25) is 0 Å². The second kappa shape index (κ2) is 2.86. The number of nitrogens with zero attached hydrogens (tertiary/aromatic N) is 1. The number of aromatic nitrogens is 1. The van der Waals surface area contributed by atoms with E-state index in [-0.39, 0.29) is 0 Å². The minimum atomic E-state index is -3.00. The molecule has 11 heavy (non-hydrogen) atoms. The number of alkyl halides is 2. The van der Waals surface area contributed by atoms with Crippen LogP contribution in [-0.2, 0) is 0 Å². The van der Waals surface area contributed by atoms with Gasteiger partial charge in [0.25, 0.3) is 6.43 Å². The Morgan fingerprint density at radius 3 is 2.36 bits per heavy atom. The van der Waals surface area contributed by atoms with E-state index in [0.29, 0.717) is 12.3 Å². The number of pyridine rings is 1. The Balaban J connectivity index is 3.09. The molecule has 1 aromatic rings. The number of rotatable bonds is 1. The molecular weight excluding hydrogens is 162 g/mol. The lowest BCUT2D eigenvalue weighted by atomic mass is 10.3. The molecule has 60 valence electrons. The minimum absolute atomic E-state index is 0.370. The van der Waals surface area contributed by atoms with Gasteiger partial charge in [-0.15, -0.1) is 0 Å². The molecular formula is C6H3F4N. The van der Waals surface area contributed by atoms with Crippen LogP contribution < -0.4 is 0 Å². The maximum absolute atomic E-state index is 12.3. The number of hydrogen-bond donors (Lipinski definition) is 0. The number of halogens is 4. The molecule has 0 saturated heterocycles. The average Bonchev–Trinajstić information content (AvgIpc) is 1.85. The lowest BCUT2D eigenvalue weighted by Crippen LogP contribution is -1.95. The summed E-state index contributed by atoms with van der Waals surface area (Å²) in [6.07, 6.45) is -2.46. The molecule has 0 spiro atoms. The van der Waals surface area contributed by atoms with E-state index in [4.69, 9.17) is 0 Å². The monoisotopic (exact) mass is 165 g/mol. The molecule has 0 atom stereocenters. The van der Waals surface area contributed by atoms with E-state index in [0.717, 1.165) is 0 Å². The Morgan fingerprint density at radius 2 is 1.91 bits per heavy atom. The standard InChI is InChI=1S/C6H3F4N/c7-3-1-4(8)5(6(9)10)11-2-3/h1-2,6H. The molecule has 0 N–H and O–H groups in total. The van der Waals surface area contributed by atoms with Crippen LogP contribution in [0.3, 0.4) is 0 Å². The van der Waals surface area contributed by atoms with Crippen LogP contribution >= 0.6 is 0 Å². The fourth-order valence-electron chi connectivity index (χ4n) is 0.586. The first-order valence-corrected chi connectivity index (χ1v) is 2.70. The van der Waals surface area contributed by atoms with Crippen LogP contribution in [-0.4, -0.2) is 4.98 Å². The topological polar surface area (TPSA) is 12.9 Å². The molecule has 0 aliphatic carbocycles. The fraction of sp³-hybridized carbons (Fsp3) is 0.167. The van der Waals surface area contributed by atoms with E-state index in [2.05, 4.69) is 4.98 Å². The molecule has 0 radical (unpaired) electrons. The van der Waals surface area contributed by atoms with Gasteiger partial charge in [0, 0.05) is 6.07 Å². The van der Waals surface area contributed by atoms with Crippen molar-refractivity contribution in [3.8, 4) is 0 Å². The van der Waals surface area contributed by atoms with Crippen molar-refractivity contribution in [2.45, 2.75) is 6.43 Å². The van der Waals surface area contributed by atoms with Gasteiger partial charge in [-0.3, -0.25) is 0 Å². The quantitative estimate of drug-likeness (QED) is 0.582. The van der Waals surface area contributed by atoms with Crippen molar-refractivity contribution in [1.82, 2.24) is 4.98 Å². The Labute approximate surface area is 59.7 Å². The van der Waals surface area contributed by atoms with E-state index in [9.17, 15) is 17.6 Å². The van der Waals surface area contributed by atoms with Gasteiger partial charge in [0.15, 0.2) is 5.82 Å². The molecule has 0 saturated carbocycles. The van der Waals surface area contributed by atoms with Crippen molar-refractivity contribution in [3.63, 3.8) is 0 Å². The highest BCUT2D eigenvalue weighted by Gasteiger charge is 2.14. The summed E-state index contributed by atoms with van der Waals surface area (Å²) in [5.74, 6) is -2.29. The molecule has 0 fully saturated rings. The molecule has 1 heterocycles. The highest BCUT2D eigenvalue weighted by atomic mass is 19.3. The number of hydrogen-bond acceptors (Lipinski definition) is 1. The van der Waals surface area contributed by atoms with Crippen molar-refractivity contribution >= 4 is 0 Å². The van der Waals surface area contributed by atoms with Gasteiger partial charge in [-0.2, -0.15) is 0 Å². The lowest BCUT2D eigenvalue weighted by molar-refractivity contribution is 0.140. The molecule has 0 aliphatic rings. The molecule has 0 amide bonds. The zero-order valence-electron chi connectivity index (χ0n) is 5.19. The first-order chi connectivity index (χ1) is 5.11. The van der Waals surface area contributed by atoms with E-state index < -0.39 is 23.8 Å². The average molecular weight is 165 g/mol. The largest absolute Gasteiger partial charge is 0.283 e. The van der Waals surface area contributed by atoms with E-state index in [1.807, 2.05) is 0 Å². The SMILES string of the molecule is Fc1cnc(C(F)F)c(F)c1. The summed E-state index contributed by atoms with van der Waals surface area (Å²) >= 11 is 0. The fourth-order valence-corrected chi connectivity index (χ4v) is 0.586. The second-order valence-electron chi connectivity index (χ2n) is 1.82. The van der Waals surface area contributed by atoms with Crippen molar-refractivity contribution in [1.29, 1.82) is 0 Å². The van der Waals surface area contributed by atoms with Crippen LogP contribution in [0.25, 0.3) is 0 Å². The van der Waals surface area contributed by atoms with Gasteiger partial charge in [-0.25, -0.2) is 22.5 Å². The summed E-state index contributed by atoms with van der Waals surface area (Å²) in [7, 11) is 0. The van der Waals surface area contributed by atoms with Crippen molar-refractivity contribution in [2.75, 3.05) is 0 Å². The van der Waals surface area contributed by atoms with Gasteiger partial charge >= 0.3 is 0 Å². The van der Waals surface area contributed by atoms with Crippen LogP contribution in [0.2, 0.25) is 0 Å². The molecule has 0 aromatic carbocycles. The Kier molecular flexibility index (Phi) is 2.07. The molecule has 1 nitrogen and oxygen atoms in total. The molecule has 0 unspecified atom stereocenters. The van der Waals surface area contributed by atoms with Gasteiger partial charge in [0.1, 0.15) is 11.5 Å². The predicted molar refractivity (Wildman–Crippen MR) is 29.1 cm³/mol. The van der Waals surface area contributed by atoms with Gasteiger partial charge in [-0.1, -0.05) is 0 Å². The second-order valence-corrected chi connectivity index (χ2v) is 1.82. The van der Waals surface area contributed by atoms with Crippen LogP contribution in [0.15, 0.2) is 12.3 Å². The summed E-state index contributed by atoms with van der Waals surface area (Å²) < 4.78 is 47.9. The van der Waals surface area contributed by atoms with Crippen LogP contribution in [0.1, 0.15) is 12.1 Å². The summed E-state index contributed by atoms with van der Waals surface area (Å²) in [6.45, 7) is 0. The van der Waals surface area contributed by atoms with Crippen LogP contribution in [0, 0.1) is 11.6 Å². The molecule has 1 rings (SSSR count). The highest BCUT2D eigenvalue weighted by molar-refractivity contribution is 5.09.